The van der Waals surface area contributed by atoms with Crippen LogP contribution in [-0.2, 0) is 16.6 Å². The van der Waals surface area contributed by atoms with E-state index in [1.165, 1.54) is 30.3 Å². The standard InChI is InChI=1S/C13H11FN2O4S/c14-11-6-2-4-8-13(11)21(19,20)15-9-10-5-1-3-7-12(10)16(17)18/h1-8,15H,9H2. The first-order valence-corrected chi connectivity index (χ1v) is 7.36. The molecule has 0 aromatic heterocycles. The van der Waals surface area contributed by atoms with Gasteiger partial charge in [0.2, 0.25) is 10.0 Å². The Kier molecular flexibility index (Phi) is 4.29. The van der Waals surface area contributed by atoms with Crippen LogP contribution in [0.2, 0.25) is 0 Å². The van der Waals surface area contributed by atoms with Gasteiger partial charge in [-0.3, -0.25) is 10.1 Å². The molecule has 0 fully saturated rings. The van der Waals surface area contributed by atoms with Crippen LogP contribution >= 0.6 is 0 Å². The lowest BCUT2D eigenvalue weighted by Gasteiger charge is -2.08. The van der Waals surface area contributed by atoms with Crippen LogP contribution in [0.25, 0.3) is 0 Å². The van der Waals surface area contributed by atoms with Gasteiger partial charge in [-0.1, -0.05) is 30.3 Å². The Bertz CT molecular complexity index is 777. The topological polar surface area (TPSA) is 89.3 Å². The minimum Gasteiger partial charge on any atom is -0.258 e. The van der Waals surface area contributed by atoms with Crippen molar-refractivity contribution in [1.29, 1.82) is 0 Å². The summed E-state index contributed by atoms with van der Waals surface area (Å²) in [4.78, 5) is 9.74. The highest BCUT2D eigenvalue weighted by Crippen LogP contribution is 2.19. The van der Waals surface area contributed by atoms with Gasteiger partial charge in [-0.05, 0) is 12.1 Å². The highest BCUT2D eigenvalue weighted by atomic mass is 32.2. The zero-order chi connectivity index (χ0) is 15.5. The van der Waals surface area contributed by atoms with Crippen LogP contribution in [0, 0.1) is 15.9 Å². The summed E-state index contributed by atoms with van der Waals surface area (Å²) >= 11 is 0. The molecule has 0 saturated heterocycles. The molecule has 6 nitrogen and oxygen atoms in total. The number of nitrogens with zero attached hydrogens (tertiary/aromatic N) is 1. The third-order valence-electron chi connectivity index (χ3n) is 2.77. The van der Waals surface area contributed by atoms with Crippen molar-refractivity contribution in [3.8, 4) is 0 Å². The number of nitro benzene ring substituents is 1. The van der Waals surface area contributed by atoms with Gasteiger partial charge in [-0.25, -0.2) is 17.5 Å². The Morgan fingerprint density at radius 2 is 1.71 bits per heavy atom. The second-order valence-corrected chi connectivity index (χ2v) is 5.88. The third kappa shape index (κ3) is 3.41. The van der Waals surface area contributed by atoms with Crippen LogP contribution in [0.15, 0.2) is 53.4 Å². The molecule has 21 heavy (non-hydrogen) atoms. The second-order valence-electron chi connectivity index (χ2n) is 4.14. The summed E-state index contributed by atoms with van der Waals surface area (Å²) in [5, 5.41) is 10.8. The molecule has 2 rings (SSSR count). The lowest BCUT2D eigenvalue weighted by atomic mass is 10.2. The summed E-state index contributed by atoms with van der Waals surface area (Å²) in [6.07, 6.45) is 0. The lowest BCUT2D eigenvalue weighted by Crippen LogP contribution is -2.24. The van der Waals surface area contributed by atoms with Crippen molar-refractivity contribution >= 4 is 15.7 Å². The average molecular weight is 310 g/mol. The molecule has 0 heterocycles. The van der Waals surface area contributed by atoms with E-state index in [9.17, 15) is 22.9 Å². The molecule has 0 radical (unpaired) electrons. The van der Waals surface area contributed by atoms with Gasteiger partial charge in [0.15, 0.2) is 0 Å². The van der Waals surface area contributed by atoms with Crippen LogP contribution in [0.1, 0.15) is 5.56 Å². The zero-order valence-electron chi connectivity index (χ0n) is 10.7. The fraction of sp³-hybridized carbons (Fsp3) is 0.0769. The molecule has 0 unspecified atom stereocenters. The van der Waals surface area contributed by atoms with E-state index >= 15 is 0 Å². The van der Waals surface area contributed by atoms with Gasteiger partial charge < -0.3 is 0 Å². The normalized spacial score (nSPS) is 11.3. The Hall–Kier alpha value is -2.32. The van der Waals surface area contributed by atoms with E-state index in [1.807, 2.05) is 0 Å². The summed E-state index contributed by atoms with van der Waals surface area (Å²) in [6.45, 7) is -0.298. The number of rotatable bonds is 5. The van der Waals surface area contributed by atoms with Crippen molar-refractivity contribution in [1.82, 2.24) is 4.72 Å². The Morgan fingerprint density at radius 3 is 2.38 bits per heavy atom. The summed E-state index contributed by atoms with van der Waals surface area (Å²) in [7, 11) is -4.08. The number of halogens is 1. The SMILES string of the molecule is O=[N+]([O-])c1ccccc1CNS(=O)(=O)c1ccccc1F. The van der Waals surface area contributed by atoms with Crippen molar-refractivity contribution in [3.05, 3.63) is 70.0 Å². The fourth-order valence-electron chi connectivity index (χ4n) is 1.75. The van der Waals surface area contributed by atoms with E-state index in [0.29, 0.717) is 0 Å². The zero-order valence-corrected chi connectivity index (χ0v) is 11.5. The van der Waals surface area contributed by atoms with Crippen LogP contribution in [-0.4, -0.2) is 13.3 Å². The quantitative estimate of drug-likeness (QED) is 0.677. The van der Waals surface area contributed by atoms with Crippen molar-refractivity contribution in [2.24, 2.45) is 0 Å². The average Bonchev–Trinajstić information content (AvgIpc) is 2.45. The summed E-state index contributed by atoms with van der Waals surface area (Å²) < 4.78 is 39.6. The number of nitro groups is 1. The van der Waals surface area contributed by atoms with Crippen molar-refractivity contribution in [2.45, 2.75) is 11.4 Å². The van der Waals surface area contributed by atoms with Gasteiger partial charge in [-0.2, -0.15) is 0 Å². The number of hydrogen-bond donors (Lipinski definition) is 1. The van der Waals surface area contributed by atoms with Gasteiger partial charge in [0.1, 0.15) is 10.7 Å². The molecule has 0 saturated carbocycles. The molecule has 2 aromatic rings. The third-order valence-corrected chi connectivity index (χ3v) is 4.20. The molecule has 2 aromatic carbocycles. The first-order chi connectivity index (χ1) is 9.92. The molecular weight excluding hydrogens is 299 g/mol. The van der Waals surface area contributed by atoms with Gasteiger partial charge in [0.05, 0.1) is 4.92 Å². The first-order valence-electron chi connectivity index (χ1n) is 5.88. The highest BCUT2D eigenvalue weighted by Gasteiger charge is 2.20. The first kappa shape index (κ1) is 15.1. The smallest absolute Gasteiger partial charge is 0.258 e. The van der Waals surface area contributed by atoms with E-state index in [-0.39, 0.29) is 17.8 Å². The van der Waals surface area contributed by atoms with Gasteiger partial charge >= 0.3 is 0 Å². The minimum absolute atomic E-state index is 0.197. The predicted molar refractivity (Wildman–Crippen MR) is 73.5 cm³/mol. The highest BCUT2D eigenvalue weighted by molar-refractivity contribution is 7.89. The van der Waals surface area contributed by atoms with Crippen molar-refractivity contribution in [2.75, 3.05) is 0 Å². The van der Waals surface area contributed by atoms with Crippen molar-refractivity contribution in [3.63, 3.8) is 0 Å². The minimum atomic E-state index is -4.08. The van der Waals surface area contributed by atoms with Gasteiger partial charge in [0.25, 0.3) is 5.69 Å². The molecule has 8 heteroatoms. The largest absolute Gasteiger partial charge is 0.273 e. The van der Waals surface area contributed by atoms with Gasteiger partial charge in [-0.15, -0.1) is 0 Å². The second kappa shape index (κ2) is 5.98. The Balaban J connectivity index is 2.24. The van der Waals surface area contributed by atoms with Gasteiger partial charge in [0, 0.05) is 18.2 Å². The van der Waals surface area contributed by atoms with E-state index in [4.69, 9.17) is 0 Å². The summed E-state index contributed by atoms with van der Waals surface area (Å²) in [5.41, 5.74) is -0.00357. The molecule has 1 N–H and O–H groups in total. The monoisotopic (exact) mass is 310 g/mol. The maximum atomic E-state index is 13.5. The Morgan fingerprint density at radius 1 is 1.10 bits per heavy atom. The van der Waals surface area contributed by atoms with E-state index < -0.39 is 25.7 Å². The van der Waals surface area contributed by atoms with Crippen LogP contribution in [0.3, 0.4) is 0 Å². The van der Waals surface area contributed by atoms with E-state index in [2.05, 4.69) is 4.72 Å². The maximum absolute atomic E-state index is 13.5. The van der Waals surface area contributed by atoms with E-state index in [0.717, 1.165) is 12.1 Å². The lowest BCUT2D eigenvalue weighted by molar-refractivity contribution is -0.385. The van der Waals surface area contributed by atoms with Crippen LogP contribution < -0.4 is 4.72 Å². The van der Waals surface area contributed by atoms with Crippen LogP contribution in [0.5, 0.6) is 0 Å². The number of hydrogen-bond acceptors (Lipinski definition) is 4. The predicted octanol–water partition coefficient (Wildman–Crippen LogP) is 2.21. The molecule has 0 amide bonds. The molecule has 0 spiro atoms. The summed E-state index contributed by atoms with van der Waals surface area (Å²) in [6, 6.07) is 10.6. The Labute approximate surface area is 120 Å². The molecule has 0 aliphatic rings. The molecule has 0 aliphatic heterocycles. The summed E-state index contributed by atoms with van der Waals surface area (Å²) in [5.74, 6) is -0.882. The number of benzene rings is 2. The number of para-hydroxylation sites is 1. The molecule has 0 atom stereocenters. The number of nitrogens with one attached hydrogen (secondary N) is 1. The van der Waals surface area contributed by atoms with Crippen molar-refractivity contribution < 1.29 is 17.7 Å². The van der Waals surface area contributed by atoms with E-state index in [1.54, 1.807) is 6.07 Å². The molecule has 0 aliphatic carbocycles. The fourth-order valence-corrected chi connectivity index (χ4v) is 2.84. The van der Waals surface area contributed by atoms with Crippen LogP contribution in [0.4, 0.5) is 10.1 Å². The number of sulfonamides is 1. The molecular formula is C13H11FN2O4S. The molecule has 0 bridgehead atoms. The maximum Gasteiger partial charge on any atom is 0.273 e. The molecule has 110 valence electrons.